The van der Waals surface area contributed by atoms with Crippen LogP contribution in [0.15, 0.2) is 53.4 Å². The van der Waals surface area contributed by atoms with E-state index < -0.39 is 33.1 Å². The molecule has 3 rings (SSSR count). The third kappa shape index (κ3) is 4.80. The number of nitrogens with zero attached hydrogens (tertiary/aromatic N) is 1. The number of amides is 1. The summed E-state index contributed by atoms with van der Waals surface area (Å²) in [6.07, 6.45) is 0.801. The van der Waals surface area contributed by atoms with Gasteiger partial charge in [-0.05, 0) is 61.4 Å². The zero-order valence-electron chi connectivity index (χ0n) is 15.9. The lowest BCUT2D eigenvalue weighted by atomic mass is 9.94. The summed E-state index contributed by atoms with van der Waals surface area (Å²) in [5.41, 5.74) is -0.544. The highest BCUT2D eigenvalue weighted by Gasteiger charge is 2.43. The third-order valence-corrected chi connectivity index (χ3v) is 6.90. The summed E-state index contributed by atoms with van der Waals surface area (Å²) in [5, 5.41) is 2.92. The van der Waals surface area contributed by atoms with Crippen LogP contribution in [0, 0.1) is 11.6 Å². The first-order valence-corrected chi connectivity index (χ1v) is 10.5. The largest absolute Gasteiger partial charge is 0.385 e. The van der Waals surface area contributed by atoms with E-state index in [0.29, 0.717) is 19.4 Å². The van der Waals surface area contributed by atoms with Crippen molar-refractivity contribution in [1.82, 2.24) is 9.62 Å². The number of sulfonamides is 1. The summed E-state index contributed by atoms with van der Waals surface area (Å²) in [6.45, 7) is 0.588. The molecule has 1 aliphatic heterocycles. The number of carbonyl (C=O) groups is 1. The van der Waals surface area contributed by atoms with Crippen LogP contribution in [0.1, 0.15) is 23.2 Å². The molecular weight excluding hydrogens is 402 g/mol. The fourth-order valence-corrected chi connectivity index (χ4v) is 4.90. The van der Waals surface area contributed by atoms with Gasteiger partial charge in [0.05, 0.1) is 10.4 Å². The molecule has 2 aromatic carbocycles. The SMILES string of the molecule is COCCC1(NC(=O)c2ccc(F)cc2)CCN(S(=O)(=O)c2ccc(F)cc2)C1. The number of nitrogens with one attached hydrogen (secondary N) is 1. The minimum atomic E-state index is -3.83. The Labute approximate surface area is 168 Å². The summed E-state index contributed by atoms with van der Waals surface area (Å²) in [7, 11) is -2.31. The standard InChI is InChI=1S/C20H22F2N2O4S/c1-28-13-11-20(23-19(25)15-2-4-16(21)5-3-15)10-12-24(14-20)29(26,27)18-8-6-17(22)7-9-18/h2-9H,10-14H2,1H3,(H,23,25). The number of halogens is 2. The third-order valence-electron chi connectivity index (χ3n) is 5.04. The lowest BCUT2D eigenvalue weighted by molar-refractivity contribution is 0.0871. The van der Waals surface area contributed by atoms with Gasteiger partial charge in [0, 0.05) is 32.4 Å². The van der Waals surface area contributed by atoms with Crippen molar-refractivity contribution in [1.29, 1.82) is 0 Å². The Hall–Kier alpha value is -2.36. The Morgan fingerprint density at radius 2 is 1.69 bits per heavy atom. The Bertz CT molecular complexity index is 965. The minimum absolute atomic E-state index is 0.00805. The molecule has 0 bridgehead atoms. The van der Waals surface area contributed by atoms with Crippen LogP contribution < -0.4 is 5.32 Å². The topological polar surface area (TPSA) is 75.7 Å². The van der Waals surface area contributed by atoms with Crippen LogP contribution in [-0.2, 0) is 14.8 Å². The van der Waals surface area contributed by atoms with Crippen LogP contribution in [-0.4, -0.2) is 51.0 Å². The van der Waals surface area contributed by atoms with E-state index >= 15 is 0 Å². The molecule has 1 N–H and O–H groups in total. The predicted molar refractivity (Wildman–Crippen MR) is 103 cm³/mol. The molecule has 0 spiro atoms. The molecule has 1 amide bonds. The average Bonchev–Trinajstić information content (AvgIpc) is 3.12. The summed E-state index contributed by atoms with van der Waals surface area (Å²) >= 11 is 0. The van der Waals surface area contributed by atoms with Gasteiger partial charge in [-0.1, -0.05) is 0 Å². The van der Waals surface area contributed by atoms with Gasteiger partial charge >= 0.3 is 0 Å². The van der Waals surface area contributed by atoms with Crippen LogP contribution >= 0.6 is 0 Å². The van der Waals surface area contributed by atoms with Gasteiger partial charge in [0.2, 0.25) is 10.0 Å². The fraction of sp³-hybridized carbons (Fsp3) is 0.350. The summed E-state index contributed by atoms with van der Waals surface area (Å²) < 4.78 is 58.5. The second kappa shape index (κ2) is 8.56. The molecule has 1 fully saturated rings. The first-order valence-electron chi connectivity index (χ1n) is 9.08. The average molecular weight is 424 g/mol. The maximum absolute atomic E-state index is 13.2. The number of rotatable bonds is 7. The van der Waals surface area contributed by atoms with Crippen molar-refractivity contribution in [2.75, 3.05) is 26.8 Å². The van der Waals surface area contributed by atoms with Gasteiger partial charge in [0.25, 0.3) is 5.91 Å². The summed E-state index contributed by atoms with van der Waals surface area (Å²) in [6, 6.07) is 9.75. The maximum Gasteiger partial charge on any atom is 0.251 e. The molecule has 1 aliphatic rings. The Kier molecular flexibility index (Phi) is 6.30. The number of benzene rings is 2. The van der Waals surface area contributed by atoms with Gasteiger partial charge in [-0.2, -0.15) is 4.31 Å². The lowest BCUT2D eigenvalue weighted by Gasteiger charge is -2.30. The number of ether oxygens (including phenoxy) is 1. The molecule has 2 aromatic rings. The molecule has 0 aromatic heterocycles. The van der Waals surface area contributed by atoms with E-state index in [4.69, 9.17) is 4.74 Å². The molecule has 156 valence electrons. The molecule has 0 aliphatic carbocycles. The minimum Gasteiger partial charge on any atom is -0.385 e. The summed E-state index contributed by atoms with van der Waals surface area (Å²) in [5.74, 6) is -1.39. The van der Waals surface area contributed by atoms with E-state index in [0.717, 1.165) is 12.1 Å². The van der Waals surface area contributed by atoms with Crippen molar-refractivity contribution in [3.05, 3.63) is 65.7 Å². The first-order chi connectivity index (χ1) is 13.8. The number of methoxy groups -OCH3 is 1. The van der Waals surface area contributed by atoms with Crippen molar-refractivity contribution < 1.29 is 26.7 Å². The fourth-order valence-electron chi connectivity index (χ4n) is 3.38. The first kappa shape index (κ1) is 21.4. The van der Waals surface area contributed by atoms with Crippen molar-refractivity contribution in [3.63, 3.8) is 0 Å². The maximum atomic E-state index is 13.2. The highest BCUT2D eigenvalue weighted by atomic mass is 32.2. The Morgan fingerprint density at radius 3 is 2.28 bits per heavy atom. The van der Waals surface area contributed by atoms with Crippen molar-refractivity contribution in [2.45, 2.75) is 23.3 Å². The van der Waals surface area contributed by atoms with E-state index in [-0.39, 0.29) is 23.5 Å². The molecule has 1 atom stereocenters. The second-order valence-electron chi connectivity index (χ2n) is 7.03. The monoisotopic (exact) mass is 424 g/mol. The molecule has 6 nitrogen and oxygen atoms in total. The zero-order valence-corrected chi connectivity index (χ0v) is 16.7. The van der Waals surface area contributed by atoms with Crippen LogP contribution in [0.3, 0.4) is 0 Å². The molecule has 1 unspecified atom stereocenters. The Morgan fingerprint density at radius 1 is 1.10 bits per heavy atom. The molecule has 0 saturated carbocycles. The second-order valence-corrected chi connectivity index (χ2v) is 8.96. The van der Waals surface area contributed by atoms with E-state index in [1.165, 1.54) is 47.8 Å². The van der Waals surface area contributed by atoms with Crippen molar-refractivity contribution in [2.24, 2.45) is 0 Å². The molecule has 1 heterocycles. The molecule has 0 radical (unpaired) electrons. The van der Waals surface area contributed by atoms with Crippen molar-refractivity contribution in [3.8, 4) is 0 Å². The van der Waals surface area contributed by atoms with Gasteiger partial charge in [-0.25, -0.2) is 17.2 Å². The van der Waals surface area contributed by atoms with E-state index in [2.05, 4.69) is 5.32 Å². The zero-order chi connectivity index (χ0) is 21.1. The highest BCUT2D eigenvalue weighted by Crippen LogP contribution is 2.30. The van der Waals surface area contributed by atoms with Gasteiger partial charge < -0.3 is 10.1 Å². The quantitative estimate of drug-likeness (QED) is 0.741. The predicted octanol–water partition coefficient (Wildman–Crippen LogP) is 2.56. The van der Waals surface area contributed by atoms with Gasteiger partial charge in [-0.3, -0.25) is 4.79 Å². The van der Waals surface area contributed by atoms with E-state index in [1.807, 2.05) is 0 Å². The number of hydrogen-bond donors (Lipinski definition) is 1. The molecule has 29 heavy (non-hydrogen) atoms. The number of hydrogen-bond acceptors (Lipinski definition) is 4. The normalized spacial score (nSPS) is 20.0. The highest BCUT2D eigenvalue weighted by molar-refractivity contribution is 7.89. The molecule has 9 heteroatoms. The van der Waals surface area contributed by atoms with Crippen LogP contribution in [0.25, 0.3) is 0 Å². The number of carbonyl (C=O) groups excluding carboxylic acids is 1. The van der Waals surface area contributed by atoms with Crippen LogP contribution in [0.5, 0.6) is 0 Å². The van der Waals surface area contributed by atoms with Gasteiger partial charge in [-0.15, -0.1) is 0 Å². The van der Waals surface area contributed by atoms with Gasteiger partial charge in [0.1, 0.15) is 11.6 Å². The Balaban J connectivity index is 1.81. The van der Waals surface area contributed by atoms with Gasteiger partial charge in [0.15, 0.2) is 0 Å². The summed E-state index contributed by atoms with van der Waals surface area (Å²) in [4.78, 5) is 12.7. The van der Waals surface area contributed by atoms with E-state index in [9.17, 15) is 22.0 Å². The van der Waals surface area contributed by atoms with Crippen LogP contribution in [0.4, 0.5) is 8.78 Å². The lowest BCUT2D eigenvalue weighted by Crippen LogP contribution is -2.51. The molecular formula is C20H22F2N2O4S. The van der Waals surface area contributed by atoms with Crippen LogP contribution in [0.2, 0.25) is 0 Å². The molecule has 1 saturated heterocycles. The van der Waals surface area contributed by atoms with Crippen molar-refractivity contribution >= 4 is 15.9 Å². The van der Waals surface area contributed by atoms with E-state index in [1.54, 1.807) is 0 Å². The smallest absolute Gasteiger partial charge is 0.251 e.